The lowest BCUT2D eigenvalue weighted by Gasteiger charge is -2.15. The third-order valence-corrected chi connectivity index (χ3v) is 11.3. The van der Waals surface area contributed by atoms with Crippen molar-refractivity contribution in [2.24, 2.45) is 0 Å². The van der Waals surface area contributed by atoms with Crippen molar-refractivity contribution in [2.45, 2.75) is 12.8 Å². The number of fused-ring (bicyclic) bond motifs is 6. The molecule has 3 heterocycles. The number of benzene rings is 7. The molecule has 0 saturated carbocycles. The summed E-state index contributed by atoms with van der Waals surface area (Å²) in [6, 6.07) is 63.2. The number of hydrogen-bond donors (Lipinski definition) is 0. The van der Waals surface area contributed by atoms with Gasteiger partial charge in [0.2, 0.25) is 0 Å². The fourth-order valence-electron chi connectivity index (χ4n) is 8.64. The van der Waals surface area contributed by atoms with Crippen LogP contribution in [0.2, 0.25) is 0 Å². The van der Waals surface area contributed by atoms with E-state index in [4.69, 9.17) is 9.97 Å². The Kier molecular flexibility index (Phi) is 7.59. The van der Waals surface area contributed by atoms with E-state index in [1.807, 2.05) is 12.3 Å². The molecule has 0 aliphatic heterocycles. The molecule has 0 unspecified atom stereocenters. The predicted molar refractivity (Wildman–Crippen MR) is 233 cm³/mol. The number of para-hydroxylation sites is 3. The quantitative estimate of drug-likeness (QED) is 0.172. The predicted octanol–water partition coefficient (Wildman–Crippen LogP) is 13.3. The molecule has 4 heteroatoms. The highest BCUT2D eigenvalue weighted by Gasteiger charge is 2.17. The molecule has 0 bridgehead atoms. The highest BCUT2D eigenvalue weighted by Crippen LogP contribution is 2.39. The van der Waals surface area contributed by atoms with Crippen molar-refractivity contribution in [1.29, 1.82) is 0 Å². The molecular formula is C52H36N4. The maximum absolute atomic E-state index is 5.10. The third kappa shape index (κ3) is 5.38. The molecule has 1 aliphatic carbocycles. The first-order valence-corrected chi connectivity index (χ1v) is 19.3. The molecule has 10 aromatic rings. The van der Waals surface area contributed by atoms with Crippen LogP contribution < -0.4 is 0 Å². The van der Waals surface area contributed by atoms with Crippen molar-refractivity contribution in [3.63, 3.8) is 0 Å². The molecule has 0 amide bonds. The van der Waals surface area contributed by atoms with Gasteiger partial charge >= 0.3 is 0 Å². The fraction of sp³-hybridized carbons (Fsp3) is 0.0385. The Morgan fingerprint density at radius 1 is 0.375 bits per heavy atom. The van der Waals surface area contributed by atoms with Gasteiger partial charge in [0.05, 0.1) is 27.8 Å². The molecule has 7 aromatic carbocycles. The van der Waals surface area contributed by atoms with E-state index in [0.717, 1.165) is 41.1 Å². The summed E-state index contributed by atoms with van der Waals surface area (Å²) in [4.78, 5) is 9.85. The summed E-state index contributed by atoms with van der Waals surface area (Å²) in [5, 5.41) is 4.95. The SMILES string of the molecule is C1=C(c2ccccc2)CCC(c2ccnc(-c3cccc(-n4c5ccccc5c5cc(-c6ccc7c(c6)c6ccccc6n7-c6ccccc6)ccc54)c3)n2)=C1. The zero-order valence-electron chi connectivity index (χ0n) is 30.7. The Morgan fingerprint density at radius 3 is 1.57 bits per heavy atom. The van der Waals surface area contributed by atoms with Crippen LogP contribution in [-0.4, -0.2) is 19.1 Å². The van der Waals surface area contributed by atoms with Gasteiger partial charge in [0.15, 0.2) is 5.82 Å². The van der Waals surface area contributed by atoms with Gasteiger partial charge in [-0.3, -0.25) is 0 Å². The zero-order chi connectivity index (χ0) is 37.0. The average molecular weight is 717 g/mol. The molecule has 264 valence electrons. The third-order valence-electron chi connectivity index (χ3n) is 11.3. The van der Waals surface area contributed by atoms with Crippen LogP contribution in [0.4, 0.5) is 0 Å². The maximum Gasteiger partial charge on any atom is 0.159 e. The fourth-order valence-corrected chi connectivity index (χ4v) is 8.64. The Labute approximate surface area is 325 Å². The molecule has 0 fully saturated rings. The van der Waals surface area contributed by atoms with Gasteiger partial charge in [0.25, 0.3) is 0 Å². The topological polar surface area (TPSA) is 35.6 Å². The zero-order valence-corrected chi connectivity index (χ0v) is 30.7. The van der Waals surface area contributed by atoms with Crippen LogP contribution >= 0.6 is 0 Å². The first-order chi connectivity index (χ1) is 27.8. The first kappa shape index (κ1) is 32.2. The van der Waals surface area contributed by atoms with E-state index in [1.165, 1.54) is 71.6 Å². The van der Waals surface area contributed by atoms with Crippen LogP contribution in [0.1, 0.15) is 24.1 Å². The molecule has 0 radical (unpaired) electrons. The minimum atomic E-state index is 0.732. The van der Waals surface area contributed by atoms with Crippen LogP contribution in [0, 0.1) is 0 Å². The van der Waals surface area contributed by atoms with E-state index >= 15 is 0 Å². The Morgan fingerprint density at radius 2 is 0.911 bits per heavy atom. The summed E-state index contributed by atoms with van der Waals surface area (Å²) in [5.41, 5.74) is 15.3. The smallest absolute Gasteiger partial charge is 0.159 e. The second-order valence-electron chi connectivity index (χ2n) is 14.6. The number of hydrogen-bond acceptors (Lipinski definition) is 2. The normalized spacial score (nSPS) is 13.1. The van der Waals surface area contributed by atoms with Crippen LogP contribution in [0.15, 0.2) is 194 Å². The average Bonchev–Trinajstić information content (AvgIpc) is 3.79. The van der Waals surface area contributed by atoms with Crippen molar-refractivity contribution in [3.8, 4) is 33.9 Å². The van der Waals surface area contributed by atoms with E-state index in [9.17, 15) is 0 Å². The summed E-state index contributed by atoms with van der Waals surface area (Å²) in [6.07, 6.45) is 8.30. The highest BCUT2D eigenvalue weighted by molar-refractivity contribution is 6.12. The van der Waals surface area contributed by atoms with Crippen LogP contribution in [0.3, 0.4) is 0 Å². The summed E-state index contributed by atoms with van der Waals surface area (Å²) >= 11 is 0. The lowest BCUT2D eigenvalue weighted by molar-refractivity contribution is 1.04. The minimum absolute atomic E-state index is 0.732. The molecule has 0 atom stereocenters. The van der Waals surface area contributed by atoms with E-state index in [-0.39, 0.29) is 0 Å². The van der Waals surface area contributed by atoms with E-state index < -0.39 is 0 Å². The highest BCUT2D eigenvalue weighted by atomic mass is 15.0. The second-order valence-corrected chi connectivity index (χ2v) is 14.6. The summed E-state index contributed by atoms with van der Waals surface area (Å²) < 4.78 is 4.74. The van der Waals surface area contributed by atoms with Crippen molar-refractivity contribution >= 4 is 54.8 Å². The molecule has 11 rings (SSSR count). The Bertz CT molecular complexity index is 3180. The van der Waals surface area contributed by atoms with Gasteiger partial charge in [0.1, 0.15) is 0 Å². The van der Waals surface area contributed by atoms with E-state index in [2.05, 4.69) is 191 Å². The van der Waals surface area contributed by atoms with Gasteiger partial charge in [0, 0.05) is 44.7 Å². The van der Waals surface area contributed by atoms with Crippen LogP contribution in [-0.2, 0) is 0 Å². The molecule has 0 spiro atoms. The Hall–Kier alpha value is -7.30. The first-order valence-electron chi connectivity index (χ1n) is 19.3. The standard InChI is InChI=1S/C52H36N4/c1-3-12-35(13-4-1)36-22-24-37(25-23-36)47-30-31-53-52(54-47)40-14-11-17-42(32-40)56-49-21-10-8-19-44(49)46-34-39(27-29-51(46)56)38-26-28-50-45(33-38)43-18-7-9-20-48(43)55(50)41-15-5-2-6-16-41/h1-22,24,26-34H,23,25H2. The van der Waals surface area contributed by atoms with Crippen molar-refractivity contribution in [2.75, 3.05) is 0 Å². The molecule has 1 aliphatic rings. The van der Waals surface area contributed by atoms with Gasteiger partial charge in [-0.1, -0.05) is 121 Å². The second kappa shape index (κ2) is 13.2. The van der Waals surface area contributed by atoms with Gasteiger partial charge in [-0.05, 0) is 107 Å². The summed E-state index contributed by atoms with van der Waals surface area (Å²) in [7, 11) is 0. The molecule has 3 aromatic heterocycles. The maximum atomic E-state index is 5.10. The van der Waals surface area contributed by atoms with Gasteiger partial charge < -0.3 is 9.13 Å². The molecule has 56 heavy (non-hydrogen) atoms. The number of aromatic nitrogens is 4. The van der Waals surface area contributed by atoms with Gasteiger partial charge in [-0.2, -0.15) is 0 Å². The molecular weight excluding hydrogens is 681 g/mol. The van der Waals surface area contributed by atoms with Crippen LogP contribution in [0.25, 0.3) is 88.6 Å². The monoisotopic (exact) mass is 716 g/mol. The largest absolute Gasteiger partial charge is 0.309 e. The van der Waals surface area contributed by atoms with Gasteiger partial charge in [-0.25, -0.2) is 9.97 Å². The molecule has 0 N–H and O–H groups in total. The van der Waals surface area contributed by atoms with Crippen molar-refractivity contribution in [1.82, 2.24) is 19.1 Å². The van der Waals surface area contributed by atoms with Crippen molar-refractivity contribution < 1.29 is 0 Å². The lowest BCUT2D eigenvalue weighted by Crippen LogP contribution is -1.99. The van der Waals surface area contributed by atoms with Gasteiger partial charge in [-0.15, -0.1) is 0 Å². The number of allylic oxidation sites excluding steroid dienone is 4. The Balaban J connectivity index is 0.979. The summed E-state index contributed by atoms with van der Waals surface area (Å²) in [5.74, 6) is 0.732. The summed E-state index contributed by atoms with van der Waals surface area (Å²) in [6.45, 7) is 0. The number of rotatable bonds is 6. The van der Waals surface area contributed by atoms with Crippen molar-refractivity contribution in [3.05, 3.63) is 206 Å². The van der Waals surface area contributed by atoms with E-state index in [0.29, 0.717) is 0 Å². The lowest BCUT2D eigenvalue weighted by atomic mass is 9.92. The van der Waals surface area contributed by atoms with E-state index in [1.54, 1.807) is 0 Å². The molecule has 0 saturated heterocycles. The number of nitrogens with zero attached hydrogens (tertiary/aromatic N) is 4. The van der Waals surface area contributed by atoms with Crippen LogP contribution in [0.5, 0.6) is 0 Å². The minimum Gasteiger partial charge on any atom is -0.309 e. The molecule has 4 nitrogen and oxygen atoms in total.